The lowest BCUT2D eigenvalue weighted by molar-refractivity contribution is 0.412. The summed E-state index contributed by atoms with van der Waals surface area (Å²) in [6.07, 6.45) is 0.547. The van der Waals surface area contributed by atoms with Gasteiger partial charge in [0, 0.05) is 16.8 Å². The van der Waals surface area contributed by atoms with Crippen LogP contribution in [0, 0.1) is 6.92 Å². The van der Waals surface area contributed by atoms with E-state index in [0.29, 0.717) is 35.1 Å². The van der Waals surface area contributed by atoms with Crippen molar-refractivity contribution < 1.29 is 9.26 Å². The van der Waals surface area contributed by atoms with E-state index in [1.807, 2.05) is 12.3 Å². The number of hydrogen-bond donors (Lipinski definition) is 1. The Morgan fingerprint density at radius 3 is 2.90 bits per heavy atom. The van der Waals surface area contributed by atoms with Crippen LogP contribution in [0.15, 0.2) is 28.1 Å². The number of thiazole rings is 1. The Morgan fingerprint density at radius 2 is 2.19 bits per heavy atom. The lowest BCUT2D eigenvalue weighted by atomic mass is 10.1. The van der Waals surface area contributed by atoms with E-state index in [0.717, 1.165) is 10.7 Å². The molecule has 3 rings (SSSR count). The van der Waals surface area contributed by atoms with Crippen LogP contribution in [-0.4, -0.2) is 22.2 Å². The van der Waals surface area contributed by atoms with E-state index in [2.05, 4.69) is 15.1 Å². The molecule has 0 amide bonds. The summed E-state index contributed by atoms with van der Waals surface area (Å²) in [5, 5.41) is 6.93. The van der Waals surface area contributed by atoms with Gasteiger partial charge in [-0.2, -0.15) is 4.98 Å². The van der Waals surface area contributed by atoms with Gasteiger partial charge < -0.3 is 15.0 Å². The molecule has 0 fully saturated rings. The number of aryl methyl sites for hydroxylation is 1. The van der Waals surface area contributed by atoms with Crippen LogP contribution in [0.3, 0.4) is 0 Å². The van der Waals surface area contributed by atoms with Crippen molar-refractivity contribution in [3.8, 4) is 17.2 Å². The predicted molar refractivity (Wildman–Crippen MR) is 80.4 cm³/mol. The molecule has 0 radical (unpaired) electrons. The van der Waals surface area contributed by atoms with Gasteiger partial charge in [0.1, 0.15) is 10.8 Å². The van der Waals surface area contributed by atoms with Crippen molar-refractivity contribution in [2.45, 2.75) is 13.3 Å². The largest absolute Gasteiger partial charge is 0.497 e. The van der Waals surface area contributed by atoms with E-state index in [-0.39, 0.29) is 0 Å². The Hall–Kier alpha value is -2.41. The standard InChI is InChI=1S/C14H14N4O2S/c1-8-7-21-13(16-8)6-12-17-14(20-18-12)10-5-9(19-2)3-4-11(10)15/h3-5,7H,6,15H2,1-2H3. The van der Waals surface area contributed by atoms with Gasteiger partial charge in [0.05, 0.1) is 19.1 Å². The highest BCUT2D eigenvalue weighted by Gasteiger charge is 2.14. The number of nitrogens with two attached hydrogens (primary N) is 1. The van der Waals surface area contributed by atoms with E-state index >= 15 is 0 Å². The highest BCUT2D eigenvalue weighted by atomic mass is 32.1. The molecular formula is C14H14N4O2S. The molecule has 7 heteroatoms. The van der Waals surface area contributed by atoms with Crippen LogP contribution in [0.4, 0.5) is 5.69 Å². The second-order valence-electron chi connectivity index (χ2n) is 4.53. The molecule has 1 aromatic carbocycles. The summed E-state index contributed by atoms with van der Waals surface area (Å²) in [7, 11) is 1.60. The number of nitrogens with zero attached hydrogens (tertiary/aromatic N) is 3. The number of aromatic nitrogens is 3. The van der Waals surface area contributed by atoms with Gasteiger partial charge in [-0.05, 0) is 25.1 Å². The number of ether oxygens (including phenoxy) is 1. The van der Waals surface area contributed by atoms with Gasteiger partial charge in [-0.1, -0.05) is 5.16 Å². The molecule has 0 saturated carbocycles. The van der Waals surface area contributed by atoms with Crippen molar-refractivity contribution in [2.24, 2.45) is 0 Å². The van der Waals surface area contributed by atoms with E-state index in [1.54, 1.807) is 36.6 Å². The number of anilines is 1. The maximum atomic E-state index is 5.95. The fourth-order valence-electron chi connectivity index (χ4n) is 1.90. The average molecular weight is 302 g/mol. The minimum absolute atomic E-state index is 0.384. The van der Waals surface area contributed by atoms with Gasteiger partial charge in [-0.15, -0.1) is 11.3 Å². The molecule has 3 aromatic rings. The topological polar surface area (TPSA) is 87.1 Å². The number of rotatable bonds is 4. The number of hydrogen-bond acceptors (Lipinski definition) is 7. The summed E-state index contributed by atoms with van der Waals surface area (Å²) < 4.78 is 10.5. The monoisotopic (exact) mass is 302 g/mol. The lowest BCUT2D eigenvalue weighted by Crippen LogP contribution is -1.93. The maximum Gasteiger partial charge on any atom is 0.260 e. The van der Waals surface area contributed by atoms with Gasteiger partial charge in [0.2, 0.25) is 0 Å². The molecule has 21 heavy (non-hydrogen) atoms. The lowest BCUT2D eigenvalue weighted by Gasteiger charge is -2.03. The zero-order chi connectivity index (χ0) is 14.8. The van der Waals surface area contributed by atoms with Gasteiger partial charge in [-0.25, -0.2) is 4.98 Å². The SMILES string of the molecule is COc1ccc(N)c(-c2nc(Cc3nc(C)cs3)no2)c1. The van der Waals surface area contributed by atoms with Crippen LogP contribution in [0.5, 0.6) is 5.75 Å². The van der Waals surface area contributed by atoms with Crippen molar-refractivity contribution in [3.63, 3.8) is 0 Å². The molecule has 0 aliphatic carbocycles. The van der Waals surface area contributed by atoms with E-state index in [4.69, 9.17) is 15.0 Å². The van der Waals surface area contributed by atoms with Crippen LogP contribution in [0.25, 0.3) is 11.5 Å². The first-order valence-corrected chi connectivity index (χ1v) is 7.21. The van der Waals surface area contributed by atoms with Crippen molar-refractivity contribution in [1.29, 1.82) is 0 Å². The van der Waals surface area contributed by atoms with E-state index in [1.165, 1.54) is 0 Å². The minimum atomic E-state index is 0.384. The van der Waals surface area contributed by atoms with Gasteiger partial charge in [0.15, 0.2) is 5.82 Å². The van der Waals surface area contributed by atoms with E-state index in [9.17, 15) is 0 Å². The summed E-state index contributed by atoms with van der Waals surface area (Å²) >= 11 is 1.58. The summed E-state index contributed by atoms with van der Waals surface area (Å²) in [5.74, 6) is 1.66. The van der Waals surface area contributed by atoms with Crippen molar-refractivity contribution in [2.75, 3.05) is 12.8 Å². The minimum Gasteiger partial charge on any atom is -0.497 e. The highest BCUT2D eigenvalue weighted by Crippen LogP contribution is 2.28. The zero-order valence-corrected chi connectivity index (χ0v) is 12.5. The third-order valence-electron chi connectivity index (χ3n) is 2.93. The number of benzene rings is 1. The first kappa shape index (κ1) is 13.6. The fraction of sp³-hybridized carbons (Fsp3) is 0.214. The summed E-state index contributed by atoms with van der Waals surface area (Å²) in [6, 6.07) is 5.32. The quantitative estimate of drug-likeness (QED) is 0.746. The van der Waals surface area contributed by atoms with E-state index < -0.39 is 0 Å². The van der Waals surface area contributed by atoms with Gasteiger partial charge in [-0.3, -0.25) is 0 Å². The molecule has 0 atom stereocenters. The Kier molecular flexibility index (Phi) is 3.57. The molecule has 2 aromatic heterocycles. The molecule has 0 unspecified atom stereocenters. The van der Waals surface area contributed by atoms with Crippen LogP contribution in [-0.2, 0) is 6.42 Å². The van der Waals surface area contributed by atoms with Crippen LogP contribution in [0.2, 0.25) is 0 Å². The average Bonchev–Trinajstić information content (AvgIpc) is 3.09. The molecule has 0 aliphatic rings. The van der Waals surface area contributed by atoms with Gasteiger partial charge >= 0.3 is 0 Å². The molecule has 6 nitrogen and oxygen atoms in total. The predicted octanol–water partition coefficient (Wildman–Crippen LogP) is 2.68. The van der Waals surface area contributed by atoms with Gasteiger partial charge in [0.25, 0.3) is 5.89 Å². The summed E-state index contributed by atoms with van der Waals surface area (Å²) in [6.45, 7) is 1.96. The molecule has 0 spiro atoms. The fourth-order valence-corrected chi connectivity index (χ4v) is 2.67. The Labute approximate surface area is 125 Å². The molecule has 108 valence electrons. The highest BCUT2D eigenvalue weighted by molar-refractivity contribution is 7.09. The molecule has 0 bridgehead atoms. The third kappa shape index (κ3) is 2.87. The van der Waals surface area contributed by atoms with Crippen LogP contribution < -0.4 is 10.5 Å². The normalized spacial score (nSPS) is 10.8. The molecular weight excluding hydrogens is 288 g/mol. The molecule has 0 saturated heterocycles. The Balaban J connectivity index is 1.87. The summed E-state index contributed by atoms with van der Waals surface area (Å²) in [5.41, 5.74) is 8.18. The first-order valence-electron chi connectivity index (χ1n) is 6.33. The second-order valence-corrected chi connectivity index (χ2v) is 5.47. The van der Waals surface area contributed by atoms with Crippen LogP contribution in [0.1, 0.15) is 16.5 Å². The number of methoxy groups -OCH3 is 1. The smallest absolute Gasteiger partial charge is 0.260 e. The maximum absolute atomic E-state index is 5.95. The van der Waals surface area contributed by atoms with Crippen molar-refractivity contribution in [3.05, 3.63) is 40.1 Å². The first-order chi connectivity index (χ1) is 10.2. The van der Waals surface area contributed by atoms with Crippen LogP contribution >= 0.6 is 11.3 Å². The summed E-state index contributed by atoms with van der Waals surface area (Å²) in [4.78, 5) is 8.76. The molecule has 2 heterocycles. The Morgan fingerprint density at radius 1 is 1.33 bits per heavy atom. The van der Waals surface area contributed by atoms with Crippen molar-refractivity contribution >= 4 is 17.0 Å². The molecule has 2 N–H and O–H groups in total. The third-order valence-corrected chi connectivity index (χ3v) is 3.90. The Bertz CT molecular complexity index is 766. The zero-order valence-electron chi connectivity index (χ0n) is 11.7. The van der Waals surface area contributed by atoms with Crippen molar-refractivity contribution in [1.82, 2.24) is 15.1 Å². The second kappa shape index (κ2) is 5.53. The molecule has 0 aliphatic heterocycles. The number of nitrogen functional groups attached to an aromatic ring is 1.